The van der Waals surface area contributed by atoms with Gasteiger partial charge in [0.25, 0.3) is 0 Å². The number of nitrogens with one attached hydrogen (secondary N) is 1. The van der Waals surface area contributed by atoms with Crippen molar-refractivity contribution in [1.82, 2.24) is 5.32 Å². The lowest BCUT2D eigenvalue weighted by molar-refractivity contribution is 0.508. The fourth-order valence-electron chi connectivity index (χ4n) is 2.42. The molecule has 0 aliphatic rings. The number of hydrogen-bond donors (Lipinski definition) is 1. The molecule has 2 rings (SSSR count). The molecular formula is C17H19BrFN. The van der Waals surface area contributed by atoms with Crippen molar-refractivity contribution in [1.29, 1.82) is 0 Å². The lowest BCUT2D eigenvalue weighted by Crippen LogP contribution is -2.18. The molecule has 0 heterocycles. The SMILES string of the molecule is CNC(CCc1cccc(C)c1)c1cc(Br)ccc1F. The fourth-order valence-corrected chi connectivity index (χ4v) is 2.79. The normalized spacial score (nSPS) is 12.4. The molecule has 0 spiro atoms. The molecule has 0 fully saturated rings. The van der Waals surface area contributed by atoms with Crippen molar-refractivity contribution >= 4 is 15.9 Å². The van der Waals surface area contributed by atoms with Crippen LogP contribution in [0.2, 0.25) is 0 Å². The van der Waals surface area contributed by atoms with Gasteiger partial charge >= 0.3 is 0 Å². The molecular weight excluding hydrogens is 317 g/mol. The molecule has 2 aromatic rings. The van der Waals surface area contributed by atoms with Gasteiger partial charge in [-0.2, -0.15) is 0 Å². The number of aryl methyl sites for hydroxylation is 2. The van der Waals surface area contributed by atoms with Crippen LogP contribution >= 0.6 is 15.9 Å². The van der Waals surface area contributed by atoms with Crippen molar-refractivity contribution in [2.24, 2.45) is 0 Å². The summed E-state index contributed by atoms with van der Waals surface area (Å²) >= 11 is 3.40. The predicted molar refractivity (Wildman–Crippen MR) is 85.4 cm³/mol. The van der Waals surface area contributed by atoms with Crippen molar-refractivity contribution in [2.75, 3.05) is 7.05 Å². The Hall–Kier alpha value is -1.19. The molecule has 1 nitrogen and oxygen atoms in total. The van der Waals surface area contributed by atoms with Gasteiger partial charge < -0.3 is 5.32 Å². The average Bonchev–Trinajstić information content (AvgIpc) is 2.43. The molecule has 106 valence electrons. The third kappa shape index (κ3) is 3.90. The lowest BCUT2D eigenvalue weighted by atomic mass is 9.98. The van der Waals surface area contributed by atoms with Gasteiger partial charge in [0.15, 0.2) is 0 Å². The number of benzene rings is 2. The van der Waals surface area contributed by atoms with E-state index in [1.165, 1.54) is 17.2 Å². The minimum atomic E-state index is -0.156. The van der Waals surface area contributed by atoms with Crippen LogP contribution in [0, 0.1) is 12.7 Å². The van der Waals surface area contributed by atoms with Crippen LogP contribution in [0.15, 0.2) is 46.9 Å². The highest BCUT2D eigenvalue weighted by molar-refractivity contribution is 9.10. The third-order valence-corrected chi connectivity index (χ3v) is 3.98. The molecule has 1 atom stereocenters. The topological polar surface area (TPSA) is 12.0 Å². The standard InChI is InChI=1S/C17H19BrFN/c1-12-4-3-5-13(10-12)6-9-17(20-2)15-11-14(18)7-8-16(15)19/h3-5,7-8,10-11,17,20H,6,9H2,1-2H3. The second-order valence-corrected chi connectivity index (χ2v) is 5.95. The first-order chi connectivity index (χ1) is 9.60. The molecule has 0 saturated heterocycles. The summed E-state index contributed by atoms with van der Waals surface area (Å²) in [5, 5.41) is 3.21. The number of rotatable bonds is 5. The minimum Gasteiger partial charge on any atom is -0.313 e. The Morgan fingerprint density at radius 3 is 2.70 bits per heavy atom. The van der Waals surface area contributed by atoms with E-state index < -0.39 is 0 Å². The van der Waals surface area contributed by atoms with E-state index >= 15 is 0 Å². The summed E-state index contributed by atoms with van der Waals surface area (Å²) in [5.74, 6) is -0.156. The Labute approximate surface area is 128 Å². The average molecular weight is 336 g/mol. The zero-order chi connectivity index (χ0) is 14.5. The highest BCUT2D eigenvalue weighted by atomic mass is 79.9. The van der Waals surface area contributed by atoms with E-state index in [2.05, 4.69) is 52.4 Å². The molecule has 3 heteroatoms. The molecule has 0 saturated carbocycles. The summed E-state index contributed by atoms with van der Waals surface area (Å²) in [6, 6.07) is 13.6. The Kier molecular flexibility index (Phi) is 5.32. The van der Waals surface area contributed by atoms with Gasteiger partial charge in [0.05, 0.1) is 0 Å². The lowest BCUT2D eigenvalue weighted by Gasteiger charge is -2.18. The fraction of sp³-hybridized carbons (Fsp3) is 0.294. The van der Waals surface area contributed by atoms with Crippen LogP contribution in [0.25, 0.3) is 0 Å². The Morgan fingerprint density at radius 2 is 2.00 bits per heavy atom. The highest BCUT2D eigenvalue weighted by Crippen LogP contribution is 2.25. The molecule has 2 aromatic carbocycles. The van der Waals surface area contributed by atoms with Crippen molar-refractivity contribution in [2.45, 2.75) is 25.8 Å². The smallest absolute Gasteiger partial charge is 0.128 e. The van der Waals surface area contributed by atoms with E-state index in [4.69, 9.17) is 0 Å². The molecule has 20 heavy (non-hydrogen) atoms. The second kappa shape index (κ2) is 7.00. The van der Waals surface area contributed by atoms with E-state index in [0.717, 1.165) is 22.9 Å². The van der Waals surface area contributed by atoms with Crippen LogP contribution in [0.1, 0.15) is 29.2 Å². The zero-order valence-corrected chi connectivity index (χ0v) is 13.4. The van der Waals surface area contributed by atoms with Crippen LogP contribution in [0.3, 0.4) is 0 Å². The summed E-state index contributed by atoms with van der Waals surface area (Å²) < 4.78 is 14.8. The third-order valence-electron chi connectivity index (χ3n) is 3.49. The van der Waals surface area contributed by atoms with Gasteiger partial charge in [0.1, 0.15) is 5.82 Å². The van der Waals surface area contributed by atoms with Crippen LogP contribution in [-0.2, 0) is 6.42 Å². The molecule has 0 radical (unpaired) electrons. The molecule has 0 bridgehead atoms. The Balaban J connectivity index is 2.11. The van der Waals surface area contributed by atoms with Gasteiger partial charge in [-0.25, -0.2) is 4.39 Å². The summed E-state index contributed by atoms with van der Waals surface area (Å²) in [6.45, 7) is 2.09. The highest BCUT2D eigenvalue weighted by Gasteiger charge is 2.14. The first kappa shape index (κ1) is 15.2. The second-order valence-electron chi connectivity index (χ2n) is 5.03. The molecule has 1 N–H and O–H groups in total. The van der Waals surface area contributed by atoms with Crippen molar-refractivity contribution in [3.8, 4) is 0 Å². The Morgan fingerprint density at radius 1 is 1.20 bits per heavy atom. The zero-order valence-electron chi connectivity index (χ0n) is 11.8. The molecule has 0 aliphatic heterocycles. The van der Waals surface area contributed by atoms with Crippen molar-refractivity contribution in [3.05, 3.63) is 69.4 Å². The van der Waals surface area contributed by atoms with E-state index in [1.54, 1.807) is 6.07 Å². The molecule has 0 aliphatic carbocycles. The minimum absolute atomic E-state index is 0.0213. The van der Waals surface area contributed by atoms with E-state index in [-0.39, 0.29) is 11.9 Å². The number of hydrogen-bond acceptors (Lipinski definition) is 1. The summed E-state index contributed by atoms with van der Waals surface area (Å²) in [5.41, 5.74) is 3.27. The maximum Gasteiger partial charge on any atom is 0.128 e. The van der Waals surface area contributed by atoms with Gasteiger partial charge in [0, 0.05) is 16.1 Å². The van der Waals surface area contributed by atoms with Gasteiger partial charge in [-0.3, -0.25) is 0 Å². The van der Waals surface area contributed by atoms with Crippen LogP contribution in [0.5, 0.6) is 0 Å². The van der Waals surface area contributed by atoms with Crippen molar-refractivity contribution < 1.29 is 4.39 Å². The van der Waals surface area contributed by atoms with Crippen molar-refractivity contribution in [3.63, 3.8) is 0 Å². The summed E-state index contributed by atoms with van der Waals surface area (Å²) in [6.07, 6.45) is 1.80. The van der Waals surface area contributed by atoms with Gasteiger partial charge in [-0.15, -0.1) is 0 Å². The first-order valence-electron chi connectivity index (χ1n) is 6.78. The van der Waals surface area contributed by atoms with Crippen LogP contribution < -0.4 is 5.32 Å². The maximum atomic E-state index is 13.9. The maximum absolute atomic E-state index is 13.9. The van der Waals surface area contributed by atoms with Gasteiger partial charge in [-0.1, -0.05) is 45.8 Å². The molecule has 0 amide bonds. The van der Waals surface area contributed by atoms with E-state index in [9.17, 15) is 4.39 Å². The monoisotopic (exact) mass is 335 g/mol. The first-order valence-corrected chi connectivity index (χ1v) is 7.57. The summed E-state index contributed by atoms with van der Waals surface area (Å²) in [4.78, 5) is 0. The van der Waals surface area contributed by atoms with E-state index in [1.807, 2.05) is 13.1 Å². The largest absolute Gasteiger partial charge is 0.313 e. The predicted octanol–water partition coefficient (Wildman–Crippen LogP) is 4.79. The molecule has 1 unspecified atom stereocenters. The summed E-state index contributed by atoms with van der Waals surface area (Å²) in [7, 11) is 1.88. The Bertz CT molecular complexity index is 583. The van der Waals surface area contributed by atoms with E-state index in [0.29, 0.717) is 0 Å². The van der Waals surface area contributed by atoms with Crippen LogP contribution in [0.4, 0.5) is 4.39 Å². The number of halogens is 2. The van der Waals surface area contributed by atoms with Gasteiger partial charge in [0.2, 0.25) is 0 Å². The van der Waals surface area contributed by atoms with Crippen LogP contribution in [-0.4, -0.2) is 7.05 Å². The molecule has 0 aromatic heterocycles. The quantitative estimate of drug-likeness (QED) is 0.828. The van der Waals surface area contributed by atoms with Gasteiger partial charge in [-0.05, 0) is 50.6 Å².